The van der Waals surface area contributed by atoms with Crippen LogP contribution in [0.3, 0.4) is 0 Å². The number of nitrogens with zero attached hydrogens (tertiary/aromatic N) is 4. The Kier molecular flexibility index (Phi) is 7.80. The van der Waals surface area contributed by atoms with Gasteiger partial charge in [-0.05, 0) is 39.3 Å². The predicted molar refractivity (Wildman–Crippen MR) is 113 cm³/mol. The summed E-state index contributed by atoms with van der Waals surface area (Å²) in [5.41, 5.74) is 0.977. The molecule has 8 heteroatoms. The van der Waals surface area contributed by atoms with Gasteiger partial charge in [-0.2, -0.15) is 0 Å². The Balaban J connectivity index is 1.69. The lowest BCUT2D eigenvalue weighted by Gasteiger charge is -2.39. The van der Waals surface area contributed by atoms with E-state index < -0.39 is 0 Å². The van der Waals surface area contributed by atoms with Crippen molar-refractivity contribution >= 4 is 11.8 Å². The second-order valence-corrected chi connectivity index (χ2v) is 8.58. The fourth-order valence-corrected chi connectivity index (χ4v) is 3.98. The fourth-order valence-electron chi connectivity index (χ4n) is 3.98. The number of morpholine rings is 2. The van der Waals surface area contributed by atoms with Crippen molar-refractivity contribution in [3.63, 3.8) is 0 Å². The van der Waals surface area contributed by atoms with Crippen LogP contribution in [-0.2, 0) is 25.6 Å². The van der Waals surface area contributed by atoms with Gasteiger partial charge in [0.1, 0.15) is 0 Å². The molecule has 166 valence electrons. The van der Waals surface area contributed by atoms with E-state index in [2.05, 4.69) is 4.98 Å². The Morgan fingerprint density at radius 2 is 1.53 bits per heavy atom. The molecule has 2 aliphatic rings. The van der Waals surface area contributed by atoms with E-state index in [1.165, 1.54) is 0 Å². The standard InChI is InChI=1S/C22H34N4O4/c1-16-14-29-18(3)9-25(16)21(27)12-24(11-20-6-5-7-23-8-20)13-22(28)26-10-19(4)30-15-17(26)2/h5-8,16-19H,9-15H2,1-4H3/t16-,17+,18+,19-. The van der Waals surface area contributed by atoms with Gasteiger partial charge in [0.15, 0.2) is 0 Å². The molecule has 3 rings (SSSR count). The maximum atomic E-state index is 13.1. The molecule has 1 aromatic rings. The minimum absolute atomic E-state index is 0.0224. The van der Waals surface area contributed by atoms with Crippen LogP contribution >= 0.6 is 0 Å². The fraction of sp³-hybridized carbons (Fsp3) is 0.682. The molecule has 0 aromatic carbocycles. The highest BCUT2D eigenvalue weighted by Gasteiger charge is 2.31. The number of carbonyl (C=O) groups is 2. The lowest BCUT2D eigenvalue weighted by atomic mass is 10.2. The quantitative estimate of drug-likeness (QED) is 0.690. The molecule has 0 unspecified atom stereocenters. The number of pyridine rings is 1. The Bertz CT molecular complexity index is 676. The Morgan fingerprint density at radius 1 is 1.00 bits per heavy atom. The zero-order valence-electron chi connectivity index (χ0n) is 18.5. The summed E-state index contributed by atoms with van der Waals surface area (Å²) >= 11 is 0. The molecule has 2 saturated heterocycles. The topological polar surface area (TPSA) is 75.2 Å². The summed E-state index contributed by atoms with van der Waals surface area (Å²) in [6.07, 6.45) is 3.54. The van der Waals surface area contributed by atoms with E-state index in [0.717, 1.165) is 5.56 Å². The molecule has 0 bridgehead atoms. The zero-order valence-corrected chi connectivity index (χ0v) is 18.5. The number of aromatic nitrogens is 1. The van der Waals surface area contributed by atoms with Crippen LogP contribution in [0.25, 0.3) is 0 Å². The van der Waals surface area contributed by atoms with E-state index in [0.29, 0.717) is 32.8 Å². The molecule has 0 saturated carbocycles. The number of carbonyl (C=O) groups excluding carboxylic acids is 2. The molecule has 2 aliphatic heterocycles. The van der Waals surface area contributed by atoms with E-state index >= 15 is 0 Å². The van der Waals surface area contributed by atoms with E-state index in [1.807, 2.05) is 54.5 Å². The Hall–Kier alpha value is -2.03. The second kappa shape index (κ2) is 10.3. The van der Waals surface area contributed by atoms with Crippen molar-refractivity contribution in [1.82, 2.24) is 19.7 Å². The average molecular weight is 419 g/mol. The molecule has 0 N–H and O–H groups in total. The van der Waals surface area contributed by atoms with Crippen molar-refractivity contribution in [3.8, 4) is 0 Å². The lowest BCUT2D eigenvalue weighted by Crippen LogP contribution is -2.55. The van der Waals surface area contributed by atoms with E-state index in [9.17, 15) is 9.59 Å². The summed E-state index contributed by atoms with van der Waals surface area (Å²) in [6.45, 7) is 11.0. The number of hydrogen-bond donors (Lipinski definition) is 0. The van der Waals surface area contributed by atoms with Crippen LogP contribution in [0.5, 0.6) is 0 Å². The molecule has 8 nitrogen and oxygen atoms in total. The van der Waals surface area contributed by atoms with Crippen molar-refractivity contribution in [2.75, 3.05) is 39.4 Å². The first-order valence-corrected chi connectivity index (χ1v) is 10.8. The van der Waals surface area contributed by atoms with Crippen molar-refractivity contribution in [2.24, 2.45) is 0 Å². The largest absolute Gasteiger partial charge is 0.375 e. The van der Waals surface area contributed by atoms with Crippen LogP contribution in [0.1, 0.15) is 33.3 Å². The van der Waals surface area contributed by atoms with Crippen LogP contribution < -0.4 is 0 Å². The Labute approximate surface area is 179 Å². The first-order valence-electron chi connectivity index (χ1n) is 10.8. The molecule has 3 heterocycles. The smallest absolute Gasteiger partial charge is 0.237 e. The maximum absolute atomic E-state index is 13.1. The minimum Gasteiger partial charge on any atom is -0.375 e. The molecule has 1 aromatic heterocycles. The van der Waals surface area contributed by atoms with Crippen LogP contribution in [0, 0.1) is 0 Å². The van der Waals surface area contributed by atoms with Gasteiger partial charge < -0.3 is 19.3 Å². The van der Waals surface area contributed by atoms with Crippen LogP contribution in [0.4, 0.5) is 0 Å². The van der Waals surface area contributed by atoms with Gasteiger partial charge in [0.25, 0.3) is 0 Å². The number of rotatable bonds is 6. The lowest BCUT2D eigenvalue weighted by molar-refractivity contribution is -0.148. The van der Waals surface area contributed by atoms with Gasteiger partial charge in [-0.15, -0.1) is 0 Å². The summed E-state index contributed by atoms with van der Waals surface area (Å²) < 4.78 is 11.3. The summed E-state index contributed by atoms with van der Waals surface area (Å²) in [5, 5.41) is 0. The molecule has 0 radical (unpaired) electrons. The minimum atomic E-state index is 0.0224. The summed E-state index contributed by atoms with van der Waals surface area (Å²) in [5.74, 6) is 0.0514. The van der Waals surface area contributed by atoms with Crippen LogP contribution in [0.2, 0.25) is 0 Å². The van der Waals surface area contributed by atoms with Crippen LogP contribution in [0.15, 0.2) is 24.5 Å². The van der Waals surface area contributed by atoms with Crippen LogP contribution in [-0.4, -0.2) is 95.2 Å². The molecule has 4 atom stereocenters. The summed E-state index contributed by atoms with van der Waals surface area (Å²) in [4.78, 5) is 36.0. The first-order chi connectivity index (χ1) is 14.3. The third-order valence-corrected chi connectivity index (χ3v) is 5.70. The normalized spacial score (nSPS) is 27.4. The predicted octanol–water partition coefficient (Wildman–Crippen LogP) is 1.16. The number of amides is 2. The zero-order chi connectivity index (χ0) is 21.7. The van der Waals surface area contributed by atoms with Gasteiger partial charge in [0, 0.05) is 32.0 Å². The van der Waals surface area contributed by atoms with E-state index in [-0.39, 0.29) is 49.2 Å². The van der Waals surface area contributed by atoms with E-state index in [4.69, 9.17) is 9.47 Å². The van der Waals surface area contributed by atoms with Gasteiger partial charge in [-0.3, -0.25) is 19.5 Å². The van der Waals surface area contributed by atoms with Gasteiger partial charge >= 0.3 is 0 Å². The Morgan fingerprint density at radius 3 is 2.00 bits per heavy atom. The monoisotopic (exact) mass is 418 g/mol. The molecule has 2 fully saturated rings. The van der Waals surface area contributed by atoms with Gasteiger partial charge in [0.05, 0.1) is 50.6 Å². The SMILES string of the molecule is C[C@@H]1CN(C(=O)CN(CC(=O)N2C[C@H](C)OC[C@H]2C)Cc2cccnc2)[C@@H](C)CO1. The third-order valence-electron chi connectivity index (χ3n) is 5.70. The van der Waals surface area contributed by atoms with E-state index in [1.54, 1.807) is 12.4 Å². The molecule has 2 amide bonds. The van der Waals surface area contributed by atoms with Gasteiger partial charge in [-0.1, -0.05) is 6.07 Å². The summed E-state index contributed by atoms with van der Waals surface area (Å²) in [7, 11) is 0. The number of hydrogen-bond acceptors (Lipinski definition) is 6. The average Bonchev–Trinajstić information content (AvgIpc) is 2.72. The van der Waals surface area contributed by atoms with Gasteiger partial charge in [-0.25, -0.2) is 0 Å². The highest BCUT2D eigenvalue weighted by molar-refractivity contribution is 5.82. The second-order valence-electron chi connectivity index (χ2n) is 8.58. The molecule has 30 heavy (non-hydrogen) atoms. The third kappa shape index (κ3) is 6.00. The molecule has 0 aliphatic carbocycles. The van der Waals surface area contributed by atoms with Crippen molar-refractivity contribution in [3.05, 3.63) is 30.1 Å². The summed E-state index contributed by atoms with van der Waals surface area (Å²) in [6, 6.07) is 3.90. The highest BCUT2D eigenvalue weighted by Crippen LogP contribution is 2.15. The first kappa shape index (κ1) is 22.7. The number of ether oxygens (including phenoxy) is 2. The van der Waals surface area contributed by atoms with Crippen molar-refractivity contribution < 1.29 is 19.1 Å². The molecular formula is C22H34N4O4. The van der Waals surface area contributed by atoms with Crippen molar-refractivity contribution in [2.45, 2.75) is 58.5 Å². The highest BCUT2D eigenvalue weighted by atomic mass is 16.5. The maximum Gasteiger partial charge on any atom is 0.237 e. The molecular weight excluding hydrogens is 384 g/mol. The molecule has 0 spiro atoms. The van der Waals surface area contributed by atoms with Gasteiger partial charge in [0.2, 0.25) is 11.8 Å². The van der Waals surface area contributed by atoms with Crippen molar-refractivity contribution in [1.29, 1.82) is 0 Å².